The Labute approximate surface area is 165 Å². The van der Waals surface area contributed by atoms with Crippen LogP contribution in [0.1, 0.15) is 68.7 Å². The van der Waals surface area contributed by atoms with Gasteiger partial charge < -0.3 is 0 Å². The van der Waals surface area contributed by atoms with E-state index in [1.165, 1.54) is 57.3 Å². The molecule has 1 saturated carbocycles. The van der Waals surface area contributed by atoms with Crippen molar-refractivity contribution in [2.75, 3.05) is 0 Å². The molecule has 6 atom stereocenters. The minimum Gasteiger partial charge on any atom is -0.129 e. The highest BCUT2D eigenvalue weighted by Gasteiger charge is 2.39. The van der Waals surface area contributed by atoms with Crippen molar-refractivity contribution in [2.45, 2.75) is 65.7 Å². The lowest BCUT2D eigenvalue weighted by molar-refractivity contribution is 0.167. The Bertz CT molecular complexity index is 705. The summed E-state index contributed by atoms with van der Waals surface area (Å²) in [4.78, 5) is 0. The molecule has 2 aromatic carbocycles. The molecule has 1 aliphatic rings. The Kier molecular flexibility index (Phi) is 5.96. The molecular weight excluding hydrogens is 350 g/mol. The lowest BCUT2D eigenvalue weighted by atomic mass is 9.67. The van der Waals surface area contributed by atoms with E-state index in [2.05, 4.69) is 84.3 Å². The minimum absolute atomic E-state index is 0.558. The molecule has 0 radical (unpaired) electrons. The van der Waals surface area contributed by atoms with E-state index in [4.69, 9.17) is 0 Å². The molecule has 0 bridgehead atoms. The van der Waals surface area contributed by atoms with E-state index in [1.807, 2.05) is 0 Å². The first-order valence-electron chi connectivity index (χ1n) is 9.87. The highest BCUT2D eigenvalue weighted by atomic mass is 31.0. The van der Waals surface area contributed by atoms with Gasteiger partial charge >= 0.3 is 0 Å². The zero-order chi connectivity index (χ0) is 19.2. The van der Waals surface area contributed by atoms with Gasteiger partial charge in [0.2, 0.25) is 0 Å². The van der Waals surface area contributed by atoms with E-state index >= 15 is 0 Å². The summed E-state index contributed by atoms with van der Waals surface area (Å²) in [6.07, 6.45) is 2.69. The van der Waals surface area contributed by atoms with E-state index in [1.54, 1.807) is 0 Å². The quantitative estimate of drug-likeness (QED) is 0.493. The summed E-state index contributed by atoms with van der Waals surface area (Å²) in [5.74, 6) is 1.51. The van der Waals surface area contributed by atoms with Gasteiger partial charge in [-0.2, -0.15) is 0 Å². The molecule has 3 rings (SSSR count). The molecule has 0 nitrogen and oxygen atoms in total. The van der Waals surface area contributed by atoms with Crippen LogP contribution in [0.15, 0.2) is 24.3 Å². The predicted octanol–water partition coefficient (Wildman–Crippen LogP) is 7.10. The van der Waals surface area contributed by atoms with Gasteiger partial charge in [0.25, 0.3) is 0 Å². The first-order chi connectivity index (χ1) is 12.2. The van der Waals surface area contributed by atoms with Crippen LogP contribution in [0.2, 0.25) is 0 Å². The van der Waals surface area contributed by atoms with Crippen LogP contribution in [0.4, 0.5) is 0 Å². The summed E-state index contributed by atoms with van der Waals surface area (Å²) in [6.45, 7) is 13.5. The zero-order valence-electron chi connectivity index (χ0n) is 17.2. The number of benzene rings is 2. The van der Waals surface area contributed by atoms with Gasteiger partial charge in [0.15, 0.2) is 0 Å². The molecule has 6 unspecified atom stereocenters. The van der Waals surface area contributed by atoms with Crippen LogP contribution in [0.3, 0.4) is 0 Å². The third kappa shape index (κ3) is 3.66. The molecule has 0 saturated heterocycles. The fourth-order valence-corrected chi connectivity index (χ4v) is 5.80. The van der Waals surface area contributed by atoms with Crippen LogP contribution < -0.4 is 0 Å². The van der Waals surface area contributed by atoms with Crippen LogP contribution in [0, 0.1) is 53.4 Å². The van der Waals surface area contributed by atoms with Crippen molar-refractivity contribution in [1.82, 2.24) is 0 Å². The normalized spacial score (nSPS) is 22.0. The molecule has 2 heteroatoms. The van der Waals surface area contributed by atoms with Crippen molar-refractivity contribution >= 4 is 18.5 Å². The monoisotopic (exact) mass is 384 g/mol. The molecule has 0 aliphatic heterocycles. The van der Waals surface area contributed by atoms with Gasteiger partial charge in [0, 0.05) is 11.3 Å². The van der Waals surface area contributed by atoms with E-state index < -0.39 is 0 Å². The Hall–Kier alpha value is -0.700. The SMILES string of the molecule is Cc1cc(C(P)C2CCC2C(P)c2cc(C)c(C)c(C)c2)cc(C)c1C. The molecule has 140 valence electrons. The molecule has 1 fully saturated rings. The average Bonchev–Trinajstić information content (AvgIpc) is 2.55. The van der Waals surface area contributed by atoms with Crippen molar-refractivity contribution < 1.29 is 0 Å². The highest BCUT2D eigenvalue weighted by Crippen LogP contribution is 2.55. The van der Waals surface area contributed by atoms with Crippen molar-refractivity contribution in [3.8, 4) is 0 Å². The first kappa shape index (κ1) is 20.0. The van der Waals surface area contributed by atoms with Crippen LogP contribution in [-0.4, -0.2) is 0 Å². The van der Waals surface area contributed by atoms with Gasteiger partial charge in [0.1, 0.15) is 0 Å². The molecule has 1 aliphatic carbocycles. The fraction of sp³-hybridized carbons (Fsp3) is 0.500. The van der Waals surface area contributed by atoms with Crippen LogP contribution in [0.25, 0.3) is 0 Å². The summed E-state index contributed by atoms with van der Waals surface area (Å²) in [5.41, 5.74) is 12.7. The van der Waals surface area contributed by atoms with Crippen molar-refractivity contribution in [3.05, 3.63) is 68.8 Å². The third-order valence-corrected chi connectivity index (χ3v) is 8.73. The number of hydrogen-bond donors (Lipinski definition) is 0. The van der Waals surface area contributed by atoms with Crippen LogP contribution >= 0.6 is 18.5 Å². The lowest BCUT2D eigenvalue weighted by Gasteiger charge is -2.44. The summed E-state index contributed by atoms with van der Waals surface area (Å²) in [5, 5.41) is 0. The first-order valence-corrected chi connectivity index (χ1v) is 11.2. The Balaban J connectivity index is 1.83. The maximum atomic E-state index is 3.17. The second-order valence-corrected chi connectivity index (χ2v) is 9.95. The summed E-state index contributed by atoms with van der Waals surface area (Å²) in [6, 6.07) is 9.64. The van der Waals surface area contributed by atoms with Gasteiger partial charge in [-0.05, 0) is 111 Å². The van der Waals surface area contributed by atoms with Crippen molar-refractivity contribution in [2.24, 2.45) is 11.8 Å². The lowest BCUT2D eigenvalue weighted by Crippen LogP contribution is -2.32. The smallest absolute Gasteiger partial charge is 0.00168 e. The molecule has 0 aromatic heterocycles. The van der Waals surface area contributed by atoms with Gasteiger partial charge in [0.05, 0.1) is 0 Å². The molecule has 0 spiro atoms. The minimum atomic E-state index is 0.558. The zero-order valence-corrected chi connectivity index (χ0v) is 19.5. The summed E-state index contributed by atoms with van der Waals surface area (Å²) >= 11 is 0. The Morgan fingerprint density at radius 2 is 0.885 bits per heavy atom. The molecule has 2 aromatic rings. The highest BCUT2D eigenvalue weighted by molar-refractivity contribution is 7.17. The number of rotatable bonds is 4. The average molecular weight is 384 g/mol. The maximum absolute atomic E-state index is 3.17. The van der Waals surface area contributed by atoms with Crippen LogP contribution in [0.5, 0.6) is 0 Å². The molecule has 0 amide bonds. The number of aryl methyl sites for hydroxylation is 4. The van der Waals surface area contributed by atoms with Gasteiger partial charge in [-0.1, -0.05) is 24.3 Å². The second kappa shape index (κ2) is 7.73. The standard InChI is InChI=1S/C24H34P2/c1-13-9-19(10-14(2)17(13)5)23(25)21-7-8-22(21)24(26)20-11-15(3)18(6)16(4)12-20/h9-12,21-24H,7-8,25-26H2,1-6H3. The predicted molar refractivity (Wildman–Crippen MR) is 122 cm³/mol. The molecular formula is C24H34P2. The van der Waals surface area contributed by atoms with Crippen molar-refractivity contribution in [1.29, 1.82) is 0 Å². The molecule has 26 heavy (non-hydrogen) atoms. The van der Waals surface area contributed by atoms with E-state index in [9.17, 15) is 0 Å². The van der Waals surface area contributed by atoms with Gasteiger partial charge in [-0.3, -0.25) is 0 Å². The van der Waals surface area contributed by atoms with E-state index in [0.717, 1.165) is 11.8 Å². The largest absolute Gasteiger partial charge is 0.129 e. The molecule has 0 heterocycles. The third-order valence-electron chi connectivity index (χ3n) is 6.97. The maximum Gasteiger partial charge on any atom is 0.00168 e. The van der Waals surface area contributed by atoms with E-state index in [-0.39, 0.29) is 0 Å². The van der Waals surface area contributed by atoms with Gasteiger partial charge in [-0.25, -0.2) is 0 Å². The summed E-state index contributed by atoms with van der Waals surface area (Å²) < 4.78 is 0. The van der Waals surface area contributed by atoms with Gasteiger partial charge in [-0.15, -0.1) is 18.5 Å². The fourth-order valence-electron chi connectivity index (χ4n) is 4.46. The number of hydrogen-bond acceptors (Lipinski definition) is 0. The molecule has 0 N–H and O–H groups in total. The Morgan fingerprint density at radius 3 is 1.12 bits per heavy atom. The van der Waals surface area contributed by atoms with E-state index in [0.29, 0.717) is 11.3 Å². The van der Waals surface area contributed by atoms with Crippen LogP contribution in [-0.2, 0) is 0 Å². The van der Waals surface area contributed by atoms with Crippen molar-refractivity contribution in [3.63, 3.8) is 0 Å². The second-order valence-electron chi connectivity index (χ2n) is 8.52. The Morgan fingerprint density at radius 1 is 0.615 bits per heavy atom. The summed E-state index contributed by atoms with van der Waals surface area (Å²) in [7, 11) is 6.34. The topological polar surface area (TPSA) is 0 Å².